The molecule has 0 aliphatic rings. The van der Waals surface area contributed by atoms with Gasteiger partial charge in [-0.2, -0.15) is 0 Å². The van der Waals surface area contributed by atoms with Crippen LogP contribution in [0.5, 0.6) is 11.5 Å². The number of methoxy groups -OCH3 is 1. The summed E-state index contributed by atoms with van der Waals surface area (Å²) in [6, 6.07) is 5.12. The van der Waals surface area contributed by atoms with Crippen molar-refractivity contribution in [3.05, 3.63) is 27.2 Å². The summed E-state index contributed by atoms with van der Waals surface area (Å²) in [7, 11) is 1.56. The Morgan fingerprint density at radius 3 is 2.62 bits per heavy atom. The van der Waals surface area contributed by atoms with Crippen LogP contribution in [0.1, 0.15) is 5.56 Å². The number of ether oxygens (including phenoxy) is 1. The molecule has 70 valence electrons. The van der Waals surface area contributed by atoms with Crippen LogP contribution in [0.2, 0.25) is 0 Å². The lowest BCUT2D eigenvalue weighted by Crippen LogP contribution is -1.82. The molecule has 0 saturated heterocycles. The number of phenols is 1. The second-order valence-corrected chi connectivity index (χ2v) is 5.13. The fraction of sp³-hybridized carbons (Fsp3) is 0.111. The molecule has 0 aromatic heterocycles. The summed E-state index contributed by atoms with van der Waals surface area (Å²) < 4.78 is 5.73. The third-order valence-electron chi connectivity index (χ3n) is 1.50. The molecular formula is C9H8Br2O2. The van der Waals surface area contributed by atoms with Gasteiger partial charge >= 0.3 is 0 Å². The van der Waals surface area contributed by atoms with Gasteiger partial charge in [-0.1, -0.05) is 0 Å². The molecule has 0 saturated carbocycles. The van der Waals surface area contributed by atoms with Crippen molar-refractivity contribution in [2.45, 2.75) is 0 Å². The van der Waals surface area contributed by atoms with Gasteiger partial charge < -0.3 is 9.84 Å². The van der Waals surface area contributed by atoms with Crippen LogP contribution < -0.4 is 4.74 Å². The number of hydrogen-bond donors (Lipinski definition) is 1. The van der Waals surface area contributed by atoms with Crippen molar-refractivity contribution in [1.29, 1.82) is 0 Å². The van der Waals surface area contributed by atoms with Crippen LogP contribution in [-0.4, -0.2) is 12.2 Å². The summed E-state index contributed by atoms with van der Waals surface area (Å²) in [4.78, 5) is 0. The van der Waals surface area contributed by atoms with Gasteiger partial charge in [0.25, 0.3) is 0 Å². The van der Waals surface area contributed by atoms with Gasteiger partial charge in [-0.25, -0.2) is 0 Å². The number of phenolic OH excluding ortho intramolecular Hbond substituents is 1. The molecule has 1 aromatic rings. The Kier molecular flexibility index (Phi) is 3.81. The first-order valence-corrected chi connectivity index (χ1v) is 5.12. The van der Waals surface area contributed by atoms with Gasteiger partial charge in [-0.3, -0.25) is 0 Å². The first-order valence-electron chi connectivity index (χ1n) is 3.53. The maximum atomic E-state index is 9.51. The van der Waals surface area contributed by atoms with Gasteiger partial charge in [0.15, 0.2) is 0 Å². The van der Waals surface area contributed by atoms with E-state index in [0.717, 1.165) is 8.96 Å². The van der Waals surface area contributed by atoms with Gasteiger partial charge in [0.1, 0.15) is 11.5 Å². The second-order valence-electron chi connectivity index (χ2n) is 2.36. The van der Waals surface area contributed by atoms with Crippen LogP contribution in [0.3, 0.4) is 0 Å². The van der Waals surface area contributed by atoms with Crippen molar-refractivity contribution in [2.24, 2.45) is 0 Å². The Labute approximate surface area is 93.5 Å². The quantitative estimate of drug-likeness (QED) is 0.906. The Morgan fingerprint density at radius 2 is 2.15 bits per heavy atom. The van der Waals surface area contributed by atoms with Crippen LogP contribution in [-0.2, 0) is 0 Å². The number of halogens is 2. The zero-order chi connectivity index (χ0) is 9.84. The molecule has 0 spiro atoms. The highest BCUT2D eigenvalue weighted by atomic mass is 79.9. The van der Waals surface area contributed by atoms with Crippen molar-refractivity contribution in [1.82, 2.24) is 0 Å². The molecule has 0 unspecified atom stereocenters. The average Bonchev–Trinajstić information content (AvgIpc) is 2.08. The fourth-order valence-electron chi connectivity index (χ4n) is 0.890. The van der Waals surface area contributed by atoms with Gasteiger partial charge in [0, 0.05) is 11.6 Å². The van der Waals surface area contributed by atoms with Gasteiger partial charge in [-0.05, 0) is 50.1 Å². The third kappa shape index (κ3) is 3.04. The van der Waals surface area contributed by atoms with E-state index in [1.54, 1.807) is 31.4 Å². The van der Waals surface area contributed by atoms with Crippen LogP contribution >= 0.6 is 31.9 Å². The molecule has 13 heavy (non-hydrogen) atoms. The lowest BCUT2D eigenvalue weighted by atomic mass is 10.2. The van der Waals surface area contributed by atoms with Crippen LogP contribution in [0.25, 0.3) is 6.08 Å². The Bertz CT molecular complexity index is 330. The zero-order valence-electron chi connectivity index (χ0n) is 6.92. The Hall–Kier alpha value is -0.480. The summed E-state index contributed by atoms with van der Waals surface area (Å²) in [5.41, 5.74) is 0.726. The molecular weight excluding hydrogens is 300 g/mol. The standard InChI is InChI=1S/C9H8Br2O2/c1-13-7-3-2-6(4-9(10)11)8(12)5-7/h2-5,12H,1H3. The van der Waals surface area contributed by atoms with Gasteiger partial charge in [-0.15, -0.1) is 0 Å². The molecule has 0 aliphatic heterocycles. The van der Waals surface area contributed by atoms with E-state index in [9.17, 15) is 5.11 Å². The second kappa shape index (κ2) is 4.67. The van der Waals surface area contributed by atoms with Crippen molar-refractivity contribution < 1.29 is 9.84 Å². The minimum Gasteiger partial charge on any atom is -0.507 e. The van der Waals surface area contributed by atoms with Crippen molar-refractivity contribution in [2.75, 3.05) is 7.11 Å². The molecule has 1 aromatic carbocycles. The molecule has 2 nitrogen and oxygen atoms in total. The highest BCUT2D eigenvalue weighted by Gasteiger charge is 2.00. The van der Waals surface area contributed by atoms with Gasteiger partial charge in [0.2, 0.25) is 0 Å². The molecule has 0 amide bonds. The fourth-order valence-corrected chi connectivity index (χ4v) is 1.38. The molecule has 0 aliphatic carbocycles. The molecule has 0 bridgehead atoms. The summed E-state index contributed by atoms with van der Waals surface area (Å²) in [5, 5.41) is 9.51. The highest BCUT2D eigenvalue weighted by molar-refractivity contribution is 9.28. The van der Waals surface area contributed by atoms with Crippen LogP contribution in [0, 0.1) is 0 Å². The molecule has 0 fully saturated rings. The summed E-state index contributed by atoms with van der Waals surface area (Å²) in [6.45, 7) is 0. The van der Waals surface area contributed by atoms with Gasteiger partial charge in [0.05, 0.1) is 10.5 Å². The van der Waals surface area contributed by atoms with E-state index in [1.807, 2.05) is 0 Å². The summed E-state index contributed by atoms with van der Waals surface area (Å²) in [5.74, 6) is 0.830. The smallest absolute Gasteiger partial charge is 0.126 e. The van der Waals surface area contributed by atoms with Crippen molar-refractivity contribution in [3.8, 4) is 11.5 Å². The molecule has 0 radical (unpaired) electrons. The highest BCUT2D eigenvalue weighted by Crippen LogP contribution is 2.27. The Balaban J connectivity index is 3.05. The van der Waals surface area contributed by atoms with E-state index in [4.69, 9.17) is 4.74 Å². The summed E-state index contributed by atoms with van der Waals surface area (Å²) in [6.07, 6.45) is 1.76. The number of hydrogen-bond acceptors (Lipinski definition) is 2. The van der Waals surface area contributed by atoms with E-state index in [-0.39, 0.29) is 5.75 Å². The molecule has 0 atom stereocenters. The lowest BCUT2D eigenvalue weighted by molar-refractivity contribution is 0.407. The van der Waals surface area contributed by atoms with E-state index < -0.39 is 0 Å². The maximum absolute atomic E-state index is 9.51. The summed E-state index contributed by atoms with van der Waals surface area (Å²) >= 11 is 6.43. The Morgan fingerprint density at radius 1 is 1.46 bits per heavy atom. The zero-order valence-corrected chi connectivity index (χ0v) is 10.1. The van der Waals surface area contributed by atoms with Crippen LogP contribution in [0.15, 0.2) is 21.6 Å². The van der Waals surface area contributed by atoms with Crippen LogP contribution in [0.4, 0.5) is 0 Å². The minimum atomic E-state index is 0.191. The first kappa shape index (κ1) is 10.6. The lowest BCUT2D eigenvalue weighted by Gasteiger charge is -2.02. The predicted octanol–water partition coefficient (Wildman–Crippen LogP) is 3.49. The molecule has 1 rings (SSSR count). The van der Waals surface area contributed by atoms with E-state index >= 15 is 0 Å². The van der Waals surface area contributed by atoms with E-state index in [0.29, 0.717) is 5.75 Å². The maximum Gasteiger partial charge on any atom is 0.126 e. The third-order valence-corrected chi connectivity index (χ3v) is 1.96. The number of aromatic hydroxyl groups is 1. The number of rotatable bonds is 2. The minimum absolute atomic E-state index is 0.191. The largest absolute Gasteiger partial charge is 0.507 e. The number of benzene rings is 1. The van der Waals surface area contributed by atoms with E-state index in [2.05, 4.69) is 31.9 Å². The van der Waals surface area contributed by atoms with E-state index in [1.165, 1.54) is 0 Å². The molecule has 1 N–H and O–H groups in total. The average molecular weight is 308 g/mol. The molecule has 0 heterocycles. The monoisotopic (exact) mass is 306 g/mol. The van der Waals surface area contributed by atoms with Crippen molar-refractivity contribution in [3.63, 3.8) is 0 Å². The molecule has 4 heteroatoms. The normalized spacial score (nSPS) is 9.46. The first-order chi connectivity index (χ1) is 6.13. The predicted molar refractivity (Wildman–Crippen MR) is 60.5 cm³/mol. The topological polar surface area (TPSA) is 29.5 Å². The van der Waals surface area contributed by atoms with Crippen molar-refractivity contribution >= 4 is 37.9 Å². The SMILES string of the molecule is COc1ccc(C=C(Br)Br)c(O)c1.